The highest BCUT2D eigenvalue weighted by molar-refractivity contribution is 7.92. The first kappa shape index (κ1) is 19.2. The molecule has 0 bridgehead atoms. The molecule has 1 N–H and O–H groups in total. The lowest BCUT2D eigenvalue weighted by Crippen LogP contribution is -2.14. The third-order valence-electron chi connectivity index (χ3n) is 4.81. The smallest absolute Gasteiger partial charge is 0.259 e. The first-order valence-electron chi connectivity index (χ1n) is 9.26. The largest absolute Gasteiger partial charge is 0.306 e. The molecule has 1 fully saturated rings. The van der Waals surface area contributed by atoms with Crippen LogP contribution in [0.1, 0.15) is 34.7 Å². The van der Waals surface area contributed by atoms with Crippen LogP contribution in [-0.4, -0.2) is 34.5 Å². The minimum absolute atomic E-state index is 0.250. The number of amides is 1. The molecule has 1 amide bonds. The van der Waals surface area contributed by atoms with Gasteiger partial charge < -0.3 is 5.32 Å². The lowest BCUT2D eigenvalue weighted by atomic mass is 10.0. The number of aromatic nitrogens is 3. The average Bonchev–Trinajstić information content (AvgIpc) is 3.54. The summed E-state index contributed by atoms with van der Waals surface area (Å²) in [4.78, 5) is 25.1. The van der Waals surface area contributed by atoms with Gasteiger partial charge in [-0.2, -0.15) is 0 Å². The highest BCUT2D eigenvalue weighted by Crippen LogP contribution is 2.35. The van der Waals surface area contributed by atoms with E-state index in [-0.39, 0.29) is 11.2 Å². The molecule has 2 aromatic heterocycles. The number of nitrogens with one attached hydrogen (secondary N) is 1. The van der Waals surface area contributed by atoms with Crippen LogP contribution in [0, 0.1) is 13.8 Å². The van der Waals surface area contributed by atoms with E-state index in [1.807, 2.05) is 19.1 Å². The van der Waals surface area contributed by atoms with Crippen molar-refractivity contribution >= 4 is 21.6 Å². The van der Waals surface area contributed by atoms with Gasteiger partial charge in [-0.1, -0.05) is 12.1 Å². The topological polar surface area (TPSA) is 102 Å². The summed E-state index contributed by atoms with van der Waals surface area (Å²) in [5.74, 6) is 0.645. The van der Waals surface area contributed by atoms with Gasteiger partial charge in [-0.15, -0.1) is 0 Å². The molecule has 0 radical (unpaired) electrons. The van der Waals surface area contributed by atoms with Crippen LogP contribution in [0.4, 0.5) is 5.82 Å². The van der Waals surface area contributed by atoms with Crippen molar-refractivity contribution in [1.82, 2.24) is 15.0 Å². The zero-order chi connectivity index (χ0) is 20.6. The van der Waals surface area contributed by atoms with Crippen LogP contribution in [0.2, 0.25) is 0 Å². The van der Waals surface area contributed by atoms with Crippen molar-refractivity contribution in [3.8, 4) is 11.1 Å². The van der Waals surface area contributed by atoms with E-state index in [4.69, 9.17) is 0 Å². The van der Waals surface area contributed by atoms with E-state index in [1.165, 1.54) is 12.4 Å². The van der Waals surface area contributed by atoms with E-state index < -0.39 is 9.84 Å². The van der Waals surface area contributed by atoms with Crippen LogP contribution in [0.5, 0.6) is 0 Å². The van der Waals surface area contributed by atoms with Gasteiger partial charge in [0.15, 0.2) is 9.84 Å². The summed E-state index contributed by atoms with van der Waals surface area (Å²) in [6.45, 7) is 3.57. The maximum atomic E-state index is 12.5. The Labute approximate surface area is 169 Å². The van der Waals surface area contributed by atoms with E-state index in [0.717, 1.165) is 24.0 Å². The fourth-order valence-electron chi connectivity index (χ4n) is 3.05. The van der Waals surface area contributed by atoms with Crippen LogP contribution in [-0.2, 0) is 9.84 Å². The quantitative estimate of drug-likeness (QED) is 0.695. The van der Waals surface area contributed by atoms with Crippen LogP contribution in [0.25, 0.3) is 11.1 Å². The van der Waals surface area contributed by atoms with Crippen molar-refractivity contribution in [2.75, 3.05) is 5.32 Å². The number of anilines is 1. The predicted octanol–water partition coefficient (Wildman–Crippen LogP) is 3.34. The molecule has 0 spiro atoms. The van der Waals surface area contributed by atoms with Gasteiger partial charge in [0.25, 0.3) is 5.91 Å². The minimum Gasteiger partial charge on any atom is -0.306 e. The Morgan fingerprint density at radius 2 is 1.79 bits per heavy atom. The van der Waals surface area contributed by atoms with E-state index in [1.54, 1.807) is 31.2 Å². The minimum atomic E-state index is -3.26. The second kappa shape index (κ2) is 7.36. The Hall–Kier alpha value is -3.13. The highest BCUT2D eigenvalue weighted by Gasteiger charge is 2.36. The molecule has 0 unspecified atom stereocenters. The van der Waals surface area contributed by atoms with Crippen LogP contribution < -0.4 is 5.32 Å². The molecule has 148 valence electrons. The molecule has 8 heteroatoms. The third kappa shape index (κ3) is 4.02. The normalized spacial score (nSPS) is 13.9. The van der Waals surface area contributed by atoms with E-state index >= 15 is 0 Å². The van der Waals surface area contributed by atoms with Gasteiger partial charge in [-0.25, -0.2) is 23.4 Å². The molecule has 0 saturated heterocycles. The monoisotopic (exact) mass is 408 g/mol. The summed E-state index contributed by atoms with van der Waals surface area (Å²) in [5, 5.41) is 2.48. The molecule has 1 aliphatic carbocycles. The fourth-order valence-corrected chi connectivity index (χ4v) is 4.75. The number of aryl methyl sites for hydroxylation is 2. The second-order valence-corrected chi connectivity index (χ2v) is 9.30. The van der Waals surface area contributed by atoms with Gasteiger partial charge in [0.2, 0.25) is 0 Å². The number of sulfone groups is 1. The number of rotatable bonds is 5. The van der Waals surface area contributed by atoms with Crippen molar-refractivity contribution in [3.63, 3.8) is 0 Å². The molecule has 0 aliphatic heterocycles. The molecule has 1 aromatic carbocycles. The molecule has 0 atom stereocenters. The Kier molecular flexibility index (Phi) is 4.87. The van der Waals surface area contributed by atoms with Gasteiger partial charge in [-0.05, 0) is 56.5 Å². The van der Waals surface area contributed by atoms with Gasteiger partial charge in [-0.3, -0.25) is 4.79 Å². The Morgan fingerprint density at radius 1 is 1.07 bits per heavy atom. The molecule has 1 saturated carbocycles. The van der Waals surface area contributed by atoms with Crippen molar-refractivity contribution in [1.29, 1.82) is 0 Å². The molecule has 29 heavy (non-hydrogen) atoms. The van der Waals surface area contributed by atoms with Crippen molar-refractivity contribution in [3.05, 3.63) is 65.9 Å². The molecule has 2 heterocycles. The third-order valence-corrected chi connectivity index (χ3v) is 7.07. The van der Waals surface area contributed by atoms with Crippen molar-refractivity contribution in [2.24, 2.45) is 0 Å². The number of carbonyl (C=O) groups is 1. The summed E-state index contributed by atoms with van der Waals surface area (Å²) >= 11 is 0. The number of pyridine rings is 1. The van der Waals surface area contributed by atoms with Crippen LogP contribution >= 0.6 is 0 Å². The second-order valence-electron chi connectivity index (χ2n) is 7.07. The van der Waals surface area contributed by atoms with Crippen molar-refractivity contribution < 1.29 is 13.2 Å². The van der Waals surface area contributed by atoms with Gasteiger partial charge in [0.05, 0.1) is 15.7 Å². The first-order valence-corrected chi connectivity index (χ1v) is 10.8. The van der Waals surface area contributed by atoms with Crippen LogP contribution in [0.15, 0.2) is 53.7 Å². The lowest BCUT2D eigenvalue weighted by molar-refractivity contribution is 0.102. The molecule has 7 nitrogen and oxygen atoms in total. The van der Waals surface area contributed by atoms with Gasteiger partial charge in [0.1, 0.15) is 11.6 Å². The molecular weight excluding hydrogens is 388 g/mol. The SMILES string of the molecule is Cc1ncc(C(=O)Nc2ccc(-c3cccc(S(=O)(=O)C4CC4)c3)c(C)n2)cn1. The number of benzene rings is 1. The van der Waals surface area contributed by atoms with Gasteiger partial charge >= 0.3 is 0 Å². The Balaban J connectivity index is 1.58. The Morgan fingerprint density at radius 3 is 2.45 bits per heavy atom. The summed E-state index contributed by atoms with van der Waals surface area (Å²) in [5.41, 5.74) is 2.62. The maximum Gasteiger partial charge on any atom is 0.259 e. The Bertz CT molecular complexity index is 1190. The number of hydrogen-bond donors (Lipinski definition) is 1. The van der Waals surface area contributed by atoms with Crippen molar-refractivity contribution in [2.45, 2.75) is 36.8 Å². The molecule has 1 aliphatic rings. The summed E-state index contributed by atoms with van der Waals surface area (Å²) < 4.78 is 25.0. The fraction of sp³-hybridized carbons (Fsp3) is 0.238. The number of carbonyl (C=O) groups excluding carboxylic acids is 1. The van der Waals surface area contributed by atoms with E-state index in [0.29, 0.717) is 27.8 Å². The van der Waals surface area contributed by atoms with E-state index in [9.17, 15) is 13.2 Å². The van der Waals surface area contributed by atoms with E-state index in [2.05, 4.69) is 20.3 Å². The summed E-state index contributed by atoms with van der Waals surface area (Å²) in [7, 11) is -3.26. The average molecular weight is 408 g/mol. The summed E-state index contributed by atoms with van der Waals surface area (Å²) in [6, 6.07) is 10.5. The van der Waals surface area contributed by atoms with Gasteiger partial charge in [0, 0.05) is 23.7 Å². The highest BCUT2D eigenvalue weighted by atomic mass is 32.2. The molecular formula is C21H20N4O3S. The van der Waals surface area contributed by atoms with Crippen LogP contribution in [0.3, 0.4) is 0 Å². The first-order chi connectivity index (χ1) is 13.8. The molecule has 3 aromatic rings. The predicted molar refractivity (Wildman–Crippen MR) is 109 cm³/mol. The zero-order valence-electron chi connectivity index (χ0n) is 16.1. The number of hydrogen-bond acceptors (Lipinski definition) is 6. The summed E-state index contributed by atoms with van der Waals surface area (Å²) in [6.07, 6.45) is 4.39. The zero-order valence-corrected chi connectivity index (χ0v) is 16.9. The molecule has 4 rings (SSSR count). The maximum absolute atomic E-state index is 12.5. The lowest BCUT2D eigenvalue weighted by Gasteiger charge is -2.11. The standard InChI is InChI=1S/C21H20N4O3S/c1-13-19(15-4-3-5-18(10-15)29(27,28)17-6-7-17)8-9-20(24-13)25-21(26)16-11-22-14(2)23-12-16/h3-5,8-12,17H,6-7H2,1-2H3,(H,24,25,26). The number of nitrogens with zero attached hydrogens (tertiary/aromatic N) is 3.